The minimum atomic E-state index is -0.462. The number of nitrogens with one attached hydrogen (secondary N) is 2. The van der Waals surface area contributed by atoms with Crippen molar-refractivity contribution in [2.45, 2.75) is 19.4 Å². The van der Waals surface area contributed by atoms with Crippen LogP contribution in [0.4, 0.5) is 5.13 Å². The van der Waals surface area contributed by atoms with E-state index in [1.807, 2.05) is 0 Å². The lowest BCUT2D eigenvalue weighted by molar-refractivity contribution is -0.120. The SMILES string of the molecule is O=C(Cc1csc(NC(=O)c2ncccn2)n1)NCCCn1ncccc1=O. The molecule has 0 unspecified atom stereocenters. The van der Waals surface area contributed by atoms with Gasteiger partial charge in [0.15, 0.2) is 5.13 Å². The normalized spacial score (nSPS) is 10.4. The summed E-state index contributed by atoms with van der Waals surface area (Å²) in [6.07, 6.45) is 5.17. The molecule has 2 amide bonds. The Hall–Kier alpha value is -3.47. The van der Waals surface area contributed by atoms with Crippen LogP contribution in [0.25, 0.3) is 0 Å². The molecule has 0 aliphatic rings. The van der Waals surface area contributed by atoms with Gasteiger partial charge in [-0.05, 0) is 18.6 Å². The first-order valence-corrected chi connectivity index (χ1v) is 9.31. The number of aryl methyl sites for hydroxylation is 1. The fraction of sp³-hybridized carbons (Fsp3) is 0.235. The first kappa shape index (κ1) is 19.3. The van der Waals surface area contributed by atoms with E-state index in [9.17, 15) is 14.4 Å². The zero-order chi connectivity index (χ0) is 19.8. The van der Waals surface area contributed by atoms with Gasteiger partial charge in [-0.1, -0.05) is 0 Å². The molecule has 144 valence electrons. The molecule has 0 saturated carbocycles. The van der Waals surface area contributed by atoms with Crippen LogP contribution in [-0.2, 0) is 17.8 Å². The molecule has 3 aromatic heterocycles. The van der Waals surface area contributed by atoms with Crippen LogP contribution in [0.1, 0.15) is 22.7 Å². The Morgan fingerprint density at radius 2 is 1.96 bits per heavy atom. The number of carbonyl (C=O) groups excluding carboxylic acids is 2. The highest BCUT2D eigenvalue weighted by Gasteiger charge is 2.12. The topological polar surface area (TPSA) is 132 Å². The molecule has 0 fully saturated rings. The molecule has 0 atom stereocenters. The van der Waals surface area contributed by atoms with Crippen LogP contribution in [0, 0.1) is 0 Å². The van der Waals surface area contributed by atoms with Gasteiger partial charge in [-0.25, -0.2) is 19.6 Å². The Morgan fingerprint density at radius 3 is 2.75 bits per heavy atom. The van der Waals surface area contributed by atoms with E-state index in [0.717, 1.165) is 0 Å². The smallest absolute Gasteiger partial charge is 0.295 e. The van der Waals surface area contributed by atoms with Gasteiger partial charge in [0.05, 0.1) is 12.1 Å². The molecule has 0 saturated heterocycles. The van der Waals surface area contributed by atoms with Crippen LogP contribution >= 0.6 is 11.3 Å². The van der Waals surface area contributed by atoms with Gasteiger partial charge in [-0.2, -0.15) is 5.10 Å². The monoisotopic (exact) mass is 399 g/mol. The third kappa shape index (κ3) is 5.51. The lowest BCUT2D eigenvalue weighted by Gasteiger charge is -2.05. The van der Waals surface area contributed by atoms with E-state index in [1.165, 1.54) is 34.5 Å². The van der Waals surface area contributed by atoms with E-state index in [-0.39, 0.29) is 23.7 Å². The Bertz CT molecular complexity index is 1000. The lowest BCUT2D eigenvalue weighted by Crippen LogP contribution is -2.28. The first-order valence-electron chi connectivity index (χ1n) is 8.43. The van der Waals surface area contributed by atoms with Crippen LogP contribution in [-0.4, -0.2) is 43.1 Å². The van der Waals surface area contributed by atoms with Gasteiger partial charge in [0.2, 0.25) is 11.7 Å². The fourth-order valence-corrected chi connectivity index (χ4v) is 2.96. The summed E-state index contributed by atoms with van der Waals surface area (Å²) < 4.78 is 1.35. The Labute approximate surface area is 163 Å². The molecule has 3 rings (SSSR count). The number of hydrogen-bond acceptors (Lipinski definition) is 8. The zero-order valence-corrected chi connectivity index (χ0v) is 15.6. The van der Waals surface area contributed by atoms with Crippen molar-refractivity contribution < 1.29 is 9.59 Å². The van der Waals surface area contributed by atoms with Crippen molar-refractivity contribution >= 4 is 28.3 Å². The predicted octanol–water partition coefficient (Wildman–Crippen LogP) is 0.491. The maximum Gasteiger partial charge on any atom is 0.295 e. The minimum absolute atomic E-state index is 0.0454. The first-order chi connectivity index (χ1) is 13.6. The zero-order valence-electron chi connectivity index (χ0n) is 14.7. The van der Waals surface area contributed by atoms with Crippen LogP contribution in [0.2, 0.25) is 0 Å². The second-order valence-corrected chi connectivity index (χ2v) is 6.49. The van der Waals surface area contributed by atoms with E-state index < -0.39 is 5.91 Å². The molecular formula is C17H17N7O3S. The molecule has 0 spiro atoms. The second-order valence-electron chi connectivity index (χ2n) is 5.64. The summed E-state index contributed by atoms with van der Waals surface area (Å²) in [6, 6.07) is 4.64. The van der Waals surface area contributed by atoms with E-state index in [2.05, 4.69) is 30.7 Å². The third-order valence-corrected chi connectivity index (χ3v) is 4.34. The largest absolute Gasteiger partial charge is 0.356 e. The van der Waals surface area contributed by atoms with E-state index in [0.29, 0.717) is 30.3 Å². The fourth-order valence-electron chi connectivity index (χ4n) is 2.25. The summed E-state index contributed by atoms with van der Waals surface area (Å²) in [5.41, 5.74) is 0.375. The lowest BCUT2D eigenvalue weighted by atomic mass is 10.3. The number of rotatable bonds is 8. The van der Waals surface area contributed by atoms with Crippen molar-refractivity contribution in [2.75, 3.05) is 11.9 Å². The molecule has 0 aliphatic heterocycles. The van der Waals surface area contributed by atoms with E-state index in [4.69, 9.17) is 0 Å². The number of aromatic nitrogens is 5. The van der Waals surface area contributed by atoms with E-state index in [1.54, 1.807) is 23.7 Å². The molecule has 0 radical (unpaired) electrons. The van der Waals surface area contributed by atoms with Crippen LogP contribution in [0.15, 0.2) is 47.0 Å². The number of anilines is 1. The van der Waals surface area contributed by atoms with Crippen LogP contribution < -0.4 is 16.2 Å². The van der Waals surface area contributed by atoms with Gasteiger partial charge < -0.3 is 5.32 Å². The van der Waals surface area contributed by atoms with Crippen LogP contribution in [0.5, 0.6) is 0 Å². The van der Waals surface area contributed by atoms with E-state index >= 15 is 0 Å². The van der Waals surface area contributed by atoms with Gasteiger partial charge in [0.25, 0.3) is 11.5 Å². The molecular weight excluding hydrogens is 382 g/mol. The maximum atomic E-state index is 12.0. The van der Waals surface area contributed by atoms with Gasteiger partial charge in [-0.15, -0.1) is 11.3 Å². The summed E-state index contributed by atoms with van der Waals surface area (Å²) in [7, 11) is 0. The quantitative estimate of drug-likeness (QED) is 0.527. The number of amides is 2. The van der Waals surface area contributed by atoms with Crippen molar-refractivity contribution in [3.8, 4) is 0 Å². The maximum absolute atomic E-state index is 12.0. The summed E-state index contributed by atoms with van der Waals surface area (Å²) in [5, 5.41) is 11.4. The van der Waals surface area contributed by atoms with Crippen LogP contribution in [0.3, 0.4) is 0 Å². The molecule has 3 heterocycles. The minimum Gasteiger partial charge on any atom is -0.356 e. The van der Waals surface area contributed by atoms with Crippen molar-refractivity contribution in [1.82, 2.24) is 30.0 Å². The second kappa shape index (κ2) is 9.46. The average Bonchev–Trinajstić information content (AvgIpc) is 3.13. The Kier molecular flexibility index (Phi) is 6.52. The summed E-state index contributed by atoms with van der Waals surface area (Å²) >= 11 is 1.22. The number of nitrogens with zero attached hydrogens (tertiary/aromatic N) is 5. The highest BCUT2D eigenvalue weighted by molar-refractivity contribution is 7.14. The molecule has 0 aromatic carbocycles. The number of hydrogen-bond donors (Lipinski definition) is 2. The van der Waals surface area contributed by atoms with Gasteiger partial charge in [0, 0.05) is 43.1 Å². The highest BCUT2D eigenvalue weighted by atomic mass is 32.1. The summed E-state index contributed by atoms with van der Waals surface area (Å²) in [5.74, 6) is -0.609. The molecule has 3 aromatic rings. The van der Waals surface area contributed by atoms with Crippen molar-refractivity contribution in [2.24, 2.45) is 0 Å². The molecule has 10 nitrogen and oxygen atoms in total. The predicted molar refractivity (Wildman–Crippen MR) is 102 cm³/mol. The third-order valence-electron chi connectivity index (χ3n) is 3.54. The van der Waals surface area contributed by atoms with Gasteiger partial charge in [0.1, 0.15) is 0 Å². The number of thiazole rings is 1. The molecule has 28 heavy (non-hydrogen) atoms. The highest BCUT2D eigenvalue weighted by Crippen LogP contribution is 2.16. The summed E-state index contributed by atoms with van der Waals surface area (Å²) in [4.78, 5) is 47.5. The standard InChI is InChI=1S/C17H17N7O3S/c25-13(18-7-3-9-24-14(26)4-1-8-21-24)10-12-11-28-17(22-12)23-16(27)15-19-5-2-6-20-15/h1-2,4-6,8,11H,3,7,9-10H2,(H,18,25)(H,22,23,27). The summed E-state index contributed by atoms with van der Waals surface area (Å²) in [6.45, 7) is 0.843. The molecule has 2 N–H and O–H groups in total. The number of carbonyl (C=O) groups is 2. The average molecular weight is 399 g/mol. The molecule has 0 bridgehead atoms. The Morgan fingerprint density at radius 1 is 1.14 bits per heavy atom. The van der Waals surface area contributed by atoms with Crippen molar-refractivity contribution in [3.63, 3.8) is 0 Å². The van der Waals surface area contributed by atoms with Crippen molar-refractivity contribution in [1.29, 1.82) is 0 Å². The van der Waals surface area contributed by atoms with Gasteiger partial charge >= 0.3 is 0 Å². The Balaban J connectivity index is 1.42. The molecule has 0 aliphatic carbocycles. The van der Waals surface area contributed by atoms with Crippen molar-refractivity contribution in [3.05, 3.63) is 64.0 Å². The van der Waals surface area contributed by atoms with Gasteiger partial charge in [-0.3, -0.25) is 19.7 Å². The molecule has 11 heteroatoms.